The van der Waals surface area contributed by atoms with Crippen LogP contribution in [0.2, 0.25) is 0 Å². The monoisotopic (exact) mass is 440 g/mol. The number of rotatable bonds is 6. The number of aryl methyl sites for hydroxylation is 1. The number of nitrogens with zero attached hydrogens (tertiary/aromatic N) is 4. The van der Waals surface area contributed by atoms with Crippen LogP contribution in [0.25, 0.3) is 16.8 Å². The number of hydrogen-bond acceptors (Lipinski definition) is 8. The van der Waals surface area contributed by atoms with Gasteiger partial charge in [-0.1, -0.05) is 23.9 Å². The second kappa shape index (κ2) is 8.85. The van der Waals surface area contributed by atoms with Crippen LogP contribution >= 0.6 is 23.1 Å². The van der Waals surface area contributed by atoms with Crippen LogP contribution in [-0.4, -0.2) is 46.0 Å². The normalized spacial score (nSPS) is 13.6. The van der Waals surface area contributed by atoms with Gasteiger partial charge in [0.05, 0.1) is 29.9 Å². The molecule has 0 spiro atoms. The molecule has 0 N–H and O–H groups in total. The number of ether oxygens (including phenoxy) is 2. The highest BCUT2D eigenvalue weighted by molar-refractivity contribution is 7.99. The summed E-state index contributed by atoms with van der Waals surface area (Å²) in [5.74, 6) is 1.56. The van der Waals surface area contributed by atoms with E-state index in [0.717, 1.165) is 21.8 Å². The summed E-state index contributed by atoms with van der Waals surface area (Å²) in [5, 5.41) is 15.9. The Morgan fingerprint density at radius 3 is 2.87 bits per heavy atom. The number of hydrogen-bond donors (Lipinski definition) is 0. The van der Waals surface area contributed by atoms with E-state index in [2.05, 4.69) is 10.2 Å². The van der Waals surface area contributed by atoms with E-state index < -0.39 is 5.97 Å². The van der Waals surface area contributed by atoms with E-state index in [4.69, 9.17) is 14.6 Å². The molecule has 1 aliphatic heterocycles. The van der Waals surface area contributed by atoms with Gasteiger partial charge < -0.3 is 9.47 Å². The summed E-state index contributed by atoms with van der Waals surface area (Å²) in [6, 6.07) is 9.68. The molecule has 0 radical (unpaired) electrons. The van der Waals surface area contributed by atoms with Gasteiger partial charge in [-0.05, 0) is 54.6 Å². The second-order valence-electron chi connectivity index (χ2n) is 6.44. The van der Waals surface area contributed by atoms with E-state index >= 15 is 0 Å². The third-order valence-electron chi connectivity index (χ3n) is 4.45. The van der Waals surface area contributed by atoms with Crippen LogP contribution in [0, 0.1) is 6.92 Å². The Balaban J connectivity index is 1.77. The minimum Gasteiger partial charge on any atom is -0.496 e. The number of carbonyl (C=O) groups is 1. The molecule has 0 fully saturated rings. The van der Waals surface area contributed by atoms with Gasteiger partial charge in [0.25, 0.3) is 0 Å². The Morgan fingerprint density at radius 1 is 1.30 bits per heavy atom. The molecule has 2 aromatic heterocycles. The zero-order chi connectivity index (χ0) is 21.1. The molecule has 0 unspecified atom stereocenters. The van der Waals surface area contributed by atoms with Crippen molar-refractivity contribution in [1.29, 1.82) is 0 Å². The number of esters is 1. The smallest absolute Gasteiger partial charge is 0.340 e. The zero-order valence-corrected chi connectivity index (χ0v) is 18.4. The molecule has 0 bridgehead atoms. The fourth-order valence-electron chi connectivity index (χ4n) is 3.05. The van der Waals surface area contributed by atoms with Crippen molar-refractivity contribution in [3.8, 4) is 16.5 Å². The van der Waals surface area contributed by atoms with Gasteiger partial charge in [-0.15, -0.1) is 21.5 Å². The Labute approximate surface area is 182 Å². The topological polar surface area (TPSA) is 78.6 Å². The predicted octanol–water partition coefficient (Wildman–Crippen LogP) is 4.28. The molecule has 0 saturated heterocycles. The Hall–Kier alpha value is -2.91. The maximum absolute atomic E-state index is 12.8. The third-order valence-corrected chi connectivity index (χ3v) is 6.24. The molecule has 4 rings (SSSR count). The van der Waals surface area contributed by atoms with Gasteiger partial charge in [-0.3, -0.25) is 0 Å². The summed E-state index contributed by atoms with van der Waals surface area (Å²) in [5.41, 5.74) is 2.90. The maximum atomic E-state index is 12.8. The lowest BCUT2D eigenvalue weighted by Gasteiger charge is -2.15. The van der Waals surface area contributed by atoms with Crippen molar-refractivity contribution in [2.75, 3.05) is 19.5 Å². The highest BCUT2D eigenvalue weighted by Gasteiger charge is 2.26. The highest BCUT2D eigenvalue weighted by atomic mass is 32.2. The summed E-state index contributed by atoms with van der Waals surface area (Å²) in [7, 11) is 1.64. The molecule has 0 atom stereocenters. The Bertz CT molecular complexity index is 1130. The first-order valence-corrected chi connectivity index (χ1v) is 11.2. The average molecular weight is 441 g/mol. The van der Waals surface area contributed by atoms with Crippen molar-refractivity contribution in [3.05, 3.63) is 52.4 Å². The first-order chi connectivity index (χ1) is 14.6. The molecular formula is C21H20N4O3S2. The fourth-order valence-corrected chi connectivity index (χ4v) is 4.57. The number of thiophene rings is 1. The van der Waals surface area contributed by atoms with E-state index in [1.54, 1.807) is 30.0 Å². The first kappa shape index (κ1) is 20.4. The molecule has 154 valence electrons. The SMILES string of the molecule is CCOC(=O)/C(=C\c1ccc(OC)c(C)c1)C1=Nn2c(nnc2-c2cccs2)SC1. The van der Waals surface area contributed by atoms with Gasteiger partial charge in [0.2, 0.25) is 5.16 Å². The Morgan fingerprint density at radius 2 is 2.17 bits per heavy atom. The van der Waals surface area contributed by atoms with Gasteiger partial charge >= 0.3 is 5.97 Å². The molecule has 3 aromatic rings. The predicted molar refractivity (Wildman–Crippen MR) is 119 cm³/mol. The van der Waals surface area contributed by atoms with Crippen molar-refractivity contribution in [2.45, 2.75) is 19.0 Å². The second-order valence-corrected chi connectivity index (χ2v) is 8.33. The highest BCUT2D eigenvalue weighted by Crippen LogP contribution is 2.31. The van der Waals surface area contributed by atoms with E-state index in [1.165, 1.54) is 11.8 Å². The number of benzene rings is 1. The van der Waals surface area contributed by atoms with Crippen LogP contribution in [0.3, 0.4) is 0 Å². The van der Waals surface area contributed by atoms with Gasteiger partial charge in [-0.2, -0.15) is 9.78 Å². The lowest BCUT2D eigenvalue weighted by molar-refractivity contribution is -0.137. The maximum Gasteiger partial charge on any atom is 0.340 e. The summed E-state index contributed by atoms with van der Waals surface area (Å²) in [4.78, 5) is 13.7. The van der Waals surface area contributed by atoms with Gasteiger partial charge in [0, 0.05) is 5.75 Å². The number of aromatic nitrogens is 3. The van der Waals surface area contributed by atoms with E-state index in [0.29, 0.717) is 28.0 Å². The minimum absolute atomic E-state index is 0.288. The summed E-state index contributed by atoms with van der Waals surface area (Å²) in [6.07, 6.45) is 1.81. The van der Waals surface area contributed by atoms with Crippen LogP contribution in [0.1, 0.15) is 18.1 Å². The molecule has 1 aromatic carbocycles. The van der Waals surface area contributed by atoms with Crippen molar-refractivity contribution in [1.82, 2.24) is 14.9 Å². The van der Waals surface area contributed by atoms with Crippen LogP contribution < -0.4 is 4.74 Å². The number of methoxy groups -OCH3 is 1. The summed E-state index contributed by atoms with van der Waals surface area (Å²) < 4.78 is 12.3. The van der Waals surface area contributed by atoms with Crippen LogP contribution in [0.15, 0.2) is 51.5 Å². The number of carbonyl (C=O) groups excluding carboxylic acids is 1. The van der Waals surface area contributed by atoms with Gasteiger partial charge in [0.15, 0.2) is 5.82 Å². The lowest BCUT2D eigenvalue weighted by atomic mass is 10.0. The quantitative estimate of drug-likeness (QED) is 0.421. The fraction of sp³-hybridized carbons (Fsp3) is 0.238. The van der Waals surface area contributed by atoms with Crippen LogP contribution in [-0.2, 0) is 9.53 Å². The standard InChI is InChI=1S/C21H20N4O3S2/c1-4-28-20(26)15(11-14-7-8-17(27-3)13(2)10-14)16-12-30-21-23-22-19(25(21)24-16)18-6-5-9-29-18/h5-11H,4,12H2,1-3H3/b15-11-. The summed E-state index contributed by atoms with van der Waals surface area (Å²) >= 11 is 3.06. The molecule has 0 saturated carbocycles. The first-order valence-electron chi connectivity index (χ1n) is 9.34. The molecule has 1 aliphatic rings. The largest absolute Gasteiger partial charge is 0.496 e. The molecule has 0 amide bonds. The van der Waals surface area contributed by atoms with Crippen LogP contribution in [0.4, 0.5) is 0 Å². The van der Waals surface area contributed by atoms with Crippen molar-refractivity contribution >= 4 is 40.9 Å². The zero-order valence-electron chi connectivity index (χ0n) is 16.8. The number of thioether (sulfide) groups is 1. The lowest BCUT2D eigenvalue weighted by Crippen LogP contribution is -2.21. The minimum atomic E-state index is -0.403. The van der Waals surface area contributed by atoms with E-state index in [1.807, 2.05) is 48.7 Å². The number of fused-ring (bicyclic) bond motifs is 1. The van der Waals surface area contributed by atoms with Crippen molar-refractivity contribution in [2.24, 2.45) is 5.10 Å². The molecule has 30 heavy (non-hydrogen) atoms. The molecular weight excluding hydrogens is 420 g/mol. The average Bonchev–Trinajstić information content (AvgIpc) is 3.41. The third kappa shape index (κ3) is 4.03. The van der Waals surface area contributed by atoms with E-state index in [9.17, 15) is 4.79 Å². The molecule has 3 heterocycles. The molecule has 9 heteroatoms. The summed E-state index contributed by atoms with van der Waals surface area (Å²) in [6.45, 7) is 4.04. The van der Waals surface area contributed by atoms with E-state index in [-0.39, 0.29) is 6.61 Å². The van der Waals surface area contributed by atoms with Crippen LogP contribution in [0.5, 0.6) is 5.75 Å². The van der Waals surface area contributed by atoms with Crippen molar-refractivity contribution < 1.29 is 14.3 Å². The van der Waals surface area contributed by atoms with Crippen molar-refractivity contribution in [3.63, 3.8) is 0 Å². The molecule has 7 nitrogen and oxygen atoms in total. The Kier molecular flexibility index (Phi) is 6.01. The van der Waals surface area contributed by atoms with Gasteiger partial charge in [-0.25, -0.2) is 4.79 Å². The van der Waals surface area contributed by atoms with Gasteiger partial charge in [0.1, 0.15) is 5.75 Å². The molecule has 0 aliphatic carbocycles.